The first-order chi connectivity index (χ1) is 7.13. The van der Waals surface area contributed by atoms with Crippen molar-refractivity contribution in [3.8, 4) is 0 Å². The number of carbonyl (C=O) groups is 2. The molecule has 3 heteroatoms. The predicted molar refractivity (Wildman–Crippen MR) is 55.1 cm³/mol. The van der Waals surface area contributed by atoms with Gasteiger partial charge in [-0.3, -0.25) is 9.59 Å². The van der Waals surface area contributed by atoms with Gasteiger partial charge in [0.05, 0.1) is 5.92 Å². The molecule has 2 rings (SSSR count). The summed E-state index contributed by atoms with van der Waals surface area (Å²) in [5.74, 6) is -1.60. The van der Waals surface area contributed by atoms with Crippen LogP contribution < -0.4 is 0 Å². The Bertz CT molecular complexity index is 434. The third kappa shape index (κ3) is 1.54. The molecule has 1 aliphatic rings. The fraction of sp³-hybridized carbons (Fsp3) is 0.333. The van der Waals surface area contributed by atoms with Crippen molar-refractivity contribution >= 4 is 11.8 Å². The van der Waals surface area contributed by atoms with E-state index in [1.165, 1.54) is 0 Å². The number of fused-ring (bicyclic) bond motifs is 1. The zero-order valence-corrected chi connectivity index (χ0v) is 8.49. The molecule has 78 valence electrons. The van der Waals surface area contributed by atoms with Crippen molar-refractivity contribution in [1.82, 2.24) is 0 Å². The minimum Gasteiger partial charge on any atom is -0.481 e. The maximum Gasteiger partial charge on any atom is 0.311 e. The fourth-order valence-corrected chi connectivity index (χ4v) is 1.99. The van der Waals surface area contributed by atoms with Gasteiger partial charge in [0.2, 0.25) is 0 Å². The second-order valence-electron chi connectivity index (χ2n) is 3.79. The first-order valence-electron chi connectivity index (χ1n) is 5.02. The second kappa shape index (κ2) is 3.50. The van der Waals surface area contributed by atoms with E-state index in [0.29, 0.717) is 11.1 Å². The Morgan fingerprint density at radius 2 is 2.27 bits per heavy atom. The zero-order valence-electron chi connectivity index (χ0n) is 8.49. The van der Waals surface area contributed by atoms with E-state index in [2.05, 4.69) is 0 Å². The molecule has 0 fully saturated rings. The number of ketones is 1. The van der Waals surface area contributed by atoms with Crippen molar-refractivity contribution in [1.29, 1.82) is 0 Å². The smallest absolute Gasteiger partial charge is 0.311 e. The zero-order chi connectivity index (χ0) is 11.0. The molecule has 1 aromatic rings. The Kier molecular flexibility index (Phi) is 2.31. The molecule has 1 atom stereocenters. The lowest BCUT2D eigenvalue weighted by Crippen LogP contribution is -2.08. The van der Waals surface area contributed by atoms with Crippen LogP contribution in [0.5, 0.6) is 0 Å². The van der Waals surface area contributed by atoms with Crippen molar-refractivity contribution in [2.24, 2.45) is 0 Å². The van der Waals surface area contributed by atoms with E-state index >= 15 is 0 Å². The van der Waals surface area contributed by atoms with Gasteiger partial charge in [-0.2, -0.15) is 0 Å². The Morgan fingerprint density at radius 1 is 1.53 bits per heavy atom. The summed E-state index contributed by atoms with van der Waals surface area (Å²) in [5.41, 5.74) is 2.35. The number of hydrogen-bond acceptors (Lipinski definition) is 2. The quantitative estimate of drug-likeness (QED) is 0.801. The van der Waals surface area contributed by atoms with E-state index in [9.17, 15) is 9.59 Å². The summed E-state index contributed by atoms with van der Waals surface area (Å²) in [6.45, 7) is 2.01. The standard InChI is InChI=1S/C12H12O3/c1-2-7-3-4-8-9(5-7)11(13)6-10(8)12(14)15/h3-5,10H,2,6H2,1H3,(H,14,15). The molecule has 0 amide bonds. The number of Topliss-reactive ketones (excluding diaryl/α,β-unsaturated/α-hetero) is 1. The minimum absolute atomic E-state index is 0.0484. The maximum absolute atomic E-state index is 11.6. The average Bonchev–Trinajstić information content (AvgIpc) is 2.56. The van der Waals surface area contributed by atoms with Crippen LogP contribution in [0, 0.1) is 0 Å². The summed E-state index contributed by atoms with van der Waals surface area (Å²) in [5, 5.41) is 8.95. The van der Waals surface area contributed by atoms with Crippen LogP contribution in [0.25, 0.3) is 0 Å². The molecule has 1 N–H and O–H groups in total. The summed E-state index contributed by atoms with van der Waals surface area (Å²) in [6.07, 6.45) is 0.968. The van der Waals surface area contributed by atoms with E-state index in [4.69, 9.17) is 5.11 Å². The monoisotopic (exact) mass is 204 g/mol. The van der Waals surface area contributed by atoms with Gasteiger partial charge in [-0.1, -0.05) is 19.1 Å². The SMILES string of the molecule is CCc1ccc2c(c1)C(=O)CC2C(=O)O. The molecule has 0 aromatic heterocycles. The lowest BCUT2D eigenvalue weighted by Gasteiger charge is -2.05. The topological polar surface area (TPSA) is 54.4 Å². The summed E-state index contributed by atoms with van der Waals surface area (Å²) in [6, 6.07) is 5.49. The van der Waals surface area contributed by atoms with Crippen LogP contribution >= 0.6 is 0 Å². The number of hydrogen-bond donors (Lipinski definition) is 1. The summed E-state index contributed by atoms with van der Waals surface area (Å²) in [7, 11) is 0. The van der Waals surface area contributed by atoms with Gasteiger partial charge < -0.3 is 5.11 Å². The molecule has 0 spiro atoms. The highest BCUT2D eigenvalue weighted by Crippen LogP contribution is 2.33. The Hall–Kier alpha value is -1.64. The highest BCUT2D eigenvalue weighted by molar-refractivity contribution is 6.05. The summed E-state index contributed by atoms with van der Waals surface area (Å²) < 4.78 is 0. The molecule has 1 aromatic carbocycles. The number of aliphatic carboxylic acids is 1. The van der Waals surface area contributed by atoms with Gasteiger partial charge in [0.25, 0.3) is 0 Å². The predicted octanol–water partition coefficient (Wildman–Crippen LogP) is 2.00. The average molecular weight is 204 g/mol. The van der Waals surface area contributed by atoms with E-state index < -0.39 is 11.9 Å². The lowest BCUT2D eigenvalue weighted by molar-refractivity contribution is -0.138. The third-order valence-corrected chi connectivity index (χ3v) is 2.89. The number of carboxylic acids is 1. The third-order valence-electron chi connectivity index (χ3n) is 2.89. The van der Waals surface area contributed by atoms with Crippen molar-refractivity contribution in [2.75, 3.05) is 0 Å². The second-order valence-corrected chi connectivity index (χ2v) is 3.79. The van der Waals surface area contributed by atoms with Gasteiger partial charge in [-0.05, 0) is 23.6 Å². The van der Waals surface area contributed by atoms with Crippen molar-refractivity contribution < 1.29 is 14.7 Å². The molecule has 3 nitrogen and oxygen atoms in total. The molecule has 15 heavy (non-hydrogen) atoms. The number of rotatable bonds is 2. The lowest BCUT2D eigenvalue weighted by atomic mass is 9.99. The molecular formula is C12H12O3. The number of aryl methyl sites for hydroxylation is 1. The Balaban J connectivity index is 2.50. The van der Waals surface area contributed by atoms with Gasteiger partial charge in [-0.15, -0.1) is 0 Å². The maximum atomic E-state index is 11.6. The Labute approximate surface area is 87.7 Å². The first kappa shape index (κ1) is 9.90. The first-order valence-corrected chi connectivity index (χ1v) is 5.02. The fourth-order valence-electron chi connectivity index (χ4n) is 1.99. The molecule has 0 saturated heterocycles. The van der Waals surface area contributed by atoms with Crippen molar-refractivity contribution in [2.45, 2.75) is 25.7 Å². The Morgan fingerprint density at radius 3 is 2.87 bits per heavy atom. The van der Waals surface area contributed by atoms with Gasteiger partial charge in [0.15, 0.2) is 5.78 Å². The number of carbonyl (C=O) groups excluding carboxylic acids is 1. The van der Waals surface area contributed by atoms with Gasteiger partial charge >= 0.3 is 5.97 Å². The molecule has 1 unspecified atom stereocenters. The molecular weight excluding hydrogens is 192 g/mol. The molecule has 0 heterocycles. The van der Waals surface area contributed by atoms with Crippen LogP contribution in [-0.2, 0) is 11.2 Å². The number of benzene rings is 1. The van der Waals surface area contributed by atoms with Crippen molar-refractivity contribution in [3.05, 3.63) is 34.9 Å². The largest absolute Gasteiger partial charge is 0.481 e. The minimum atomic E-state index is -0.911. The normalized spacial score (nSPS) is 19.0. The van der Waals surface area contributed by atoms with E-state index in [1.54, 1.807) is 6.07 Å². The summed E-state index contributed by atoms with van der Waals surface area (Å²) >= 11 is 0. The highest BCUT2D eigenvalue weighted by atomic mass is 16.4. The van der Waals surface area contributed by atoms with Crippen LogP contribution in [-0.4, -0.2) is 16.9 Å². The molecule has 1 aliphatic carbocycles. The van der Waals surface area contributed by atoms with Crippen molar-refractivity contribution in [3.63, 3.8) is 0 Å². The van der Waals surface area contributed by atoms with Gasteiger partial charge in [-0.25, -0.2) is 0 Å². The van der Waals surface area contributed by atoms with Crippen LogP contribution in [0.15, 0.2) is 18.2 Å². The van der Waals surface area contributed by atoms with Crippen LogP contribution in [0.2, 0.25) is 0 Å². The van der Waals surface area contributed by atoms with E-state index in [1.807, 2.05) is 19.1 Å². The summed E-state index contributed by atoms with van der Waals surface area (Å²) in [4.78, 5) is 22.5. The number of carboxylic acid groups (broad SMARTS) is 1. The highest BCUT2D eigenvalue weighted by Gasteiger charge is 2.33. The van der Waals surface area contributed by atoms with E-state index in [-0.39, 0.29) is 12.2 Å². The molecule has 0 aliphatic heterocycles. The van der Waals surface area contributed by atoms with Crippen LogP contribution in [0.3, 0.4) is 0 Å². The van der Waals surface area contributed by atoms with Crippen LogP contribution in [0.4, 0.5) is 0 Å². The van der Waals surface area contributed by atoms with Gasteiger partial charge in [0.1, 0.15) is 0 Å². The molecule has 0 bridgehead atoms. The molecule has 0 radical (unpaired) electrons. The van der Waals surface area contributed by atoms with Crippen LogP contribution in [0.1, 0.15) is 40.7 Å². The van der Waals surface area contributed by atoms with E-state index in [0.717, 1.165) is 12.0 Å². The van der Waals surface area contributed by atoms with Gasteiger partial charge in [0, 0.05) is 12.0 Å². The molecule has 0 saturated carbocycles.